The first kappa shape index (κ1) is 30.5. The van der Waals surface area contributed by atoms with Crippen molar-refractivity contribution in [1.82, 2.24) is 4.98 Å². The number of imidazole rings is 1. The van der Waals surface area contributed by atoms with Gasteiger partial charge in [0, 0.05) is 6.42 Å². The van der Waals surface area contributed by atoms with Gasteiger partial charge in [0.2, 0.25) is 0 Å². The number of hydrogen-bond donors (Lipinski definition) is 1. The summed E-state index contributed by atoms with van der Waals surface area (Å²) in [4.78, 5) is 3.12. The topological polar surface area (TPSA) is 19.7 Å². The Hall–Kier alpha value is -1.26. The Morgan fingerprint density at radius 2 is 1.07 bits per heavy atom. The van der Waals surface area contributed by atoms with Gasteiger partial charge >= 0.3 is 14.5 Å². The van der Waals surface area contributed by atoms with Gasteiger partial charge < -0.3 is 39.0 Å². The summed E-state index contributed by atoms with van der Waals surface area (Å²) < 4.78 is 81.4. The van der Waals surface area contributed by atoms with Crippen LogP contribution in [-0.2, 0) is 13.5 Å². The summed E-state index contributed by atoms with van der Waals surface area (Å²) in [6.45, 7) is 16.4. The number of halogens is 8. The molecule has 1 aromatic rings. The van der Waals surface area contributed by atoms with E-state index in [9.17, 15) is 34.5 Å². The lowest BCUT2D eigenvalue weighted by atomic mass is 10.3. The maximum atomic E-state index is 9.75. The van der Waals surface area contributed by atoms with Gasteiger partial charge in [-0.2, -0.15) is 0 Å². The second-order valence-corrected chi connectivity index (χ2v) is 5.47. The van der Waals surface area contributed by atoms with Crippen molar-refractivity contribution in [2.45, 2.75) is 41.0 Å². The number of nitrogens with zero attached hydrogens (tertiary/aromatic N) is 2. The van der Waals surface area contributed by atoms with Crippen molar-refractivity contribution in [1.29, 1.82) is 0 Å². The molecule has 0 radical (unpaired) electrons. The van der Waals surface area contributed by atoms with E-state index in [2.05, 4.69) is 44.2 Å². The first-order chi connectivity index (χ1) is 12.1. The Balaban J connectivity index is -0.000000295. The van der Waals surface area contributed by atoms with Gasteiger partial charge in [-0.05, 0) is 27.7 Å². The third-order valence-corrected chi connectivity index (χ3v) is 3.99. The third kappa shape index (κ3) is 24.7. The van der Waals surface area contributed by atoms with Gasteiger partial charge in [-0.3, -0.25) is 0 Å². The van der Waals surface area contributed by atoms with Crippen LogP contribution in [0.25, 0.3) is 0 Å². The van der Waals surface area contributed by atoms with Crippen molar-refractivity contribution in [2.24, 2.45) is 7.05 Å². The second kappa shape index (κ2) is 14.8. The molecule has 0 fully saturated rings. The highest BCUT2D eigenvalue weighted by Gasteiger charge is 2.21. The third-order valence-electron chi connectivity index (χ3n) is 3.99. The average molecular weight is 415 g/mol. The summed E-state index contributed by atoms with van der Waals surface area (Å²) in [5, 5.41) is 0. The highest BCUT2D eigenvalue weighted by molar-refractivity contribution is 6.50. The number of hydrogen-bond acceptors (Lipinski definition) is 0. The van der Waals surface area contributed by atoms with Crippen LogP contribution in [0.5, 0.6) is 0 Å². The van der Waals surface area contributed by atoms with Crippen molar-refractivity contribution < 1.29 is 43.6 Å². The molecule has 3 nitrogen and oxygen atoms in total. The molecule has 13 heteroatoms. The molecule has 0 unspecified atom stereocenters. The molecule has 1 aromatic heterocycles. The monoisotopic (exact) mass is 415 g/mol. The zero-order valence-electron chi connectivity index (χ0n) is 16.8. The first-order valence-electron chi connectivity index (χ1n) is 8.70. The van der Waals surface area contributed by atoms with E-state index in [1.807, 2.05) is 19.4 Å². The van der Waals surface area contributed by atoms with Crippen LogP contribution in [0, 0.1) is 0 Å². The van der Waals surface area contributed by atoms with E-state index in [-0.39, 0.29) is 0 Å². The number of rotatable bonds is 5. The molecule has 27 heavy (non-hydrogen) atoms. The molecule has 0 amide bonds. The van der Waals surface area contributed by atoms with Crippen molar-refractivity contribution in [3.8, 4) is 0 Å². The van der Waals surface area contributed by atoms with Crippen molar-refractivity contribution in [3.05, 3.63) is 18.2 Å². The lowest BCUT2D eigenvalue weighted by Gasteiger charge is -2.34. The fraction of sp³-hybridized carbons (Fsp3) is 0.786. The minimum Gasteiger partial charge on any atom is -0.418 e. The Labute approximate surface area is 156 Å². The number of aromatic amines is 1. The number of quaternary nitrogens is 1. The SMILES string of the molecule is CC[N+](CC)(CC)CC.CCc1[nH]cc[n+]1C.F[B-](F)(F)F.F[B-](F)(F)F. The summed E-state index contributed by atoms with van der Waals surface area (Å²) in [5.74, 6) is 1.27. The summed E-state index contributed by atoms with van der Waals surface area (Å²) in [6, 6.07) is 0. The minimum atomic E-state index is -6.00. The van der Waals surface area contributed by atoms with E-state index >= 15 is 0 Å². The maximum Gasteiger partial charge on any atom is 0.673 e. The molecule has 0 aliphatic heterocycles. The molecular weight excluding hydrogens is 384 g/mol. The van der Waals surface area contributed by atoms with E-state index in [1.165, 1.54) is 36.5 Å². The van der Waals surface area contributed by atoms with Gasteiger partial charge in [0.15, 0.2) is 0 Å². The fourth-order valence-corrected chi connectivity index (χ4v) is 2.13. The van der Waals surface area contributed by atoms with Gasteiger partial charge in [0.1, 0.15) is 12.4 Å². The van der Waals surface area contributed by atoms with Crippen LogP contribution < -0.4 is 4.57 Å². The average Bonchev–Trinajstić information content (AvgIpc) is 2.93. The maximum absolute atomic E-state index is 9.75. The largest absolute Gasteiger partial charge is 0.673 e. The highest BCUT2D eigenvalue weighted by Crippen LogP contribution is 2.07. The summed E-state index contributed by atoms with van der Waals surface area (Å²) in [5.41, 5.74) is 0. The van der Waals surface area contributed by atoms with Crippen molar-refractivity contribution in [2.75, 3.05) is 26.2 Å². The van der Waals surface area contributed by atoms with Crippen LogP contribution in [0.1, 0.15) is 40.4 Å². The second-order valence-electron chi connectivity index (χ2n) is 5.47. The molecule has 0 aliphatic rings. The van der Waals surface area contributed by atoms with Gasteiger partial charge in [0.05, 0.1) is 33.2 Å². The molecule has 0 aromatic carbocycles. The lowest BCUT2D eigenvalue weighted by molar-refractivity contribution is -0.921. The molecule has 0 bridgehead atoms. The number of nitrogens with one attached hydrogen (secondary N) is 1. The Morgan fingerprint density at radius 3 is 1.15 bits per heavy atom. The highest BCUT2D eigenvalue weighted by atomic mass is 19.5. The standard InChI is InChI=1S/C8H20N.C6H10N2.2BF4/c1-5-9(6-2,7-3)8-4;1-3-6-7-4-5-8(6)2;2*2-1(3,4)5/h5-8H2,1-4H3;4-5H,3H2,1-2H3;;/q+1;;2*-1/p+1. The van der Waals surface area contributed by atoms with Gasteiger partial charge in [-0.25, -0.2) is 9.55 Å². The van der Waals surface area contributed by atoms with Crippen molar-refractivity contribution >= 4 is 14.5 Å². The molecule has 0 spiro atoms. The molecule has 0 saturated heterocycles. The zero-order valence-corrected chi connectivity index (χ0v) is 16.8. The molecule has 1 heterocycles. The predicted octanol–water partition coefficient (Wildman–Crippen LogP) is 4.88. The summed E-state index contributed by atoms with van der Waals surface area (Å²) in [6.07, 6.45) is 5.03. The Morgan fingerprint density at radius 1 is 0.778 bits per heavy atom. The van der Waals surface area contributed by atoms with Crippen molar-refractivity contribution in [3.63, 3.8) is 0 Å². The van der Waals surface area contributed by atoms with E-state index in [0.29, 0.717) is 0 Å². The quantitative estimate of drug-likeness (QED) is 0.306. The molecule has 1 rings (SSSR count). The van der Waals surface area contributed by atoms with Crippen LogP contribution in [0.4, 0.5) is 34.5 Å². The van der Waals surface area contributed by atoms with Crippen LogP contribution in [0.3, 0.4) is 0 Å². The molecule has 0 aliphatic carbocycles. The smallest absolute Gasteiger partial charge is 0.418 e. The van der Waals surface area contributed by atoms with Crippen LogP contribution in [0.15, 0.2) is 12.4 Å². The Kier molecular flexibility index (Phi) is 16.6. The molecule has 1 N–H and O–H groups in total. The molecule has 164 valence electrons. The number of aryl methyl sites for hydroxylation is 2. The predicted molar refractivity (Wildman–Crippen MR) is 94.1 cm³/mol. The summed E-state index contributed by atoms with van der Waals surface area (Å²) >= 11 is 0. The minimum absolute atomic E-state index is 1.07. The van der Waals surface area contributed by atoms with Gasteiger partial charge in [0.25, 0.3) is 5.82 Å². The van der Waals surface area contributed by atoms with E-state index in [4.69, 9.17) is 0 Å². The normalized spacial score (nSPS) is 11.3. The van der Waals surface area contributed by atoms with E-state index in [1.54, 1.807) is 0 Å². The zero-order chi connectivity index (χ0) is 22.3. The van der Waals surface area contributed by atoms with E-state index in [0.717, 1.165) is 6.42 Å². The van der Waals surface area contributed by atoms with Gasteiger partial charge in [-0.1, -0.05) is 6.92 Å². The molecular formula is C14H31B2F8N3. The molecule has 0 atom stereocenters. The Bertz CT molecular complexity index is 418. The first-order valence-corrected chi connectivity index (χ1v) is 8.70. The number of aromatic nitrogens is 2. The molecule has 0 saturated carbocycles. The lowest BCUT2D eigenvalue weighted by Crippen LogP contribution is -2.47. The van der Waals surface area contributed by atoms with Crippen LogP contribution in [-0.4, -0.2) is 50.2 Å². The number of H-pyrrole nitrogens is 1. The fourth-order valence-electron chi connectivity index (χ4n) is 2.13. The van der Waals surface area contributed by atoms with E-state index < -0.39 is 14.5 Å². The summed E-state index contributed by atoms with van der Waals surface area (Å²) in [7, 11) is -9.96. The van der Waals surface area contributed by atoms with Crippen LogP contribution >= 0.6 is 0 Å². The van der Waals surface area contributed by atoms with Crippen LogP contribution in [0.2, 0.25) is 0 Å². The van der Waals surface area contributed by atoms with Gasteiger partial charge in [-0.15, -0.1) is 0 Å².